The van der Waals surface area contributed by atoms with Crippen LogP contribution >= 0.6 is 0 Å². The zero-order valence-electron chi connectivity index (χ0n) is 82.1. The van der Waals surface area contributed by atoms with Gasteiger partial charge in [0.05, 0.1) is 66.2 Å². The van der Waals surface area contributed by atoms with E-state index in [2.05, 4.69) is 610 Å². The van der Waals surface area contributed by atoms with E-state index in [1.165, 1.54) is 231 Å². The van der Waals surface area contributed by atoms with Gasteiger partial charge >= 0.3 is 0 Å². The van der Waals surface area contributed by atoms with E-state index in [0.717, 1.165) is 34.1 Å². The van der Waals surface area contributed by atoms with Crippen molar-refractivity contribution in [2.45, 2.75) is 0 Å². The molecule has 30 rings (SSSR count). The Morgan fingerprint density at radius 3 is 0.473 bits per heavy atom. The molecule has 0 N–H and O–H groups in total. The van der Waals surface area contributed by atoms with Crippen LogP contribution in [-0.2, 0) is 0 Å². The number of nitrogens with zero attached hydrogens (tertiary/aromatic N) is 6. The Balaban J connectivity index is 0.000000108. The van der Waals surface area contributed by atoms with Gasteiger partial charge in [0.15, 0.2) is 0 Å². The SMILES string of the molecule is c1ccc(-c2ccc(-n3c4ccccc4c4cc(-c5ccc6c(c5)c5ccccc5n6-c5cccc(-c6ccccc6)c5)ccc43)cc2)cc1.c1ccc(-c2cccc(-n3c4ccccc4c4cc(-c5ccc6c(c5)c5ccccc5n6-c5cccc(-c6ccccc6)c5)ccc43)c2)cc1.c1ccc(-c2cccc(-n3c4ccccc4c4cc(-c5ccc6c7ccccc7n(-c7cccc(-c8ccccc8)c7)c6c5)ccc43)c2)cc1. The Morgan fingerprint density at radius 2 is 0.227 bits per heavy atom. The maximum absolute atomic E-state index is 2.42. The molecule has 0 aliphatic carbocycles. The maximum Gasteiger partial charge on any atom is 0.0547 e. The van der Waals surface area contributed by atoms with Crippen LogP contribution in [0.1, 0.15) is 0 Å². The summed E-state index contributed by atoms with van der Waals surface area (Å²) in [5.74, 6) is 0. The highest BCUT2D eigenvalue weighted by atomic mass is 15.0. The summed E-state index contributed by atoms with van der Waals surface area (Å²) >= 11 is 0. The smallest absolute Gasteiger partial charge is 0.0547 e. The molecule has 30 aromatic rings. The molecule has 6 nitrogen and oxygen atoms in total. The van der Waals surface area contributed by atoms with Crippen molar-refractivity contribution >= 4 is 131 Å². The van der Waals surface area contributed by atoms with Crippen molar-refractivity contribution < 1.29 is 0 Å². The van der Waals surface area contributed by atoms with E-state index in [-0.39, 0.29) is 0 Å². The van der Waals surface area contributed by atoms with E-state index in [0.29, 0.717) is 0 Å². The number of aromatic nitrogens is 6. The standard InChI is InChI=1S/3C48H32N2/c1-3-13-33(14-4-1)35-17-11-19-39(29-35)49-46-24-10-8-22-42(46)44-31-37(26-28-47(44)49)38-25-27-43-41-21-7-9-23-45(41)50(48(43)32-38)40-20-12-18-36(30-40)34-15-5-2-6-16-34;1-3-13-33(14-4-1)35-17-11-19-39(29-35)49-45-23-9-7-21-41(45)43-31-37(25-27-47(43)49)38-26-28-48-44(32-38)42-22-8-10-24-46(42)50(48)40-20-12-18-36(30-40)34-15-5-2-6-16-34;1-3-12-33(13-4-1)35-22-26-39(27-23-35)49-45-20-9-7-18-41(45)43-31-37(24-28-47(43)49)38-25-29-48-44(32-38)42-19-8-10-21-46(42)50(48)40-17-11-16-36(30-40)34-14-5-2-6-15-34/h3*1-32H. The van der Waals surface area contributed by atoms with E-state index in [1.54, 1.807) is 0 Å². The van der Waals surface area contributed by atoms with E-state index < -0.39 is 0 Å². The predicted molar refractivity (Wildman–Crippen MR) is 634 cm³/mol. The third-order valence-electron chi connectivity index (χ3n) is 30.3. The van der Waals surface area contributed by atoms with E-state index >= 15 is 0 Å². The number of hydrogen-bond donors (Lipinski definition) is 0. The van der Waals surface area contributed by atoms with Gasteiger partial charge in [0, 0.05) is 98.8 Å². The van der Waals surface area contributed by atoms with Gasteiger partial charge < -0.3 is 27.4 Å². The molecule has 6 aromatic heterocycles. The van der Waals surface area contributed by atoms with Gasteiger partial charge in [-0.05, 0) is 276 Å². The summed E-state index contributed by atoms with van der Waals surface area (Å²) in [5, 5.41) is 15.1. The van der Waals surface area contributed by atoms with E-state index in [9.17, 15) is 0 Å². The Morgan fingerprint density at radius 1 is 0.0733 bits per heavy atom. The van der Waals surface area contributed by atoms with E-state index in [4.69, 9.17) is 0 Å². The summed E-state index contributed by atoms with van der Waals surface area (Å²) in [6, 6.07) is 211. The molecule has 0 saturated heterocycles. The van der Waals surface area contributed by atoms with Crippen LogP contribution in [0.25, 0.3) is 265 Å². The molecule has 150 heavy (non-hydrogen) atoms. The Kier molecular flexibility index (Phi) is 21.9. The van der Waals surface area contributed by atoms with Crippen molar-refractivity contribution in [2.24, 2.45) is 0 Å². The molecule has 6 heterocycles. The summed E-state index contributed by atoms with van der Waals surface area (Å²) in [4.78, 5) is 0. The average molecular weight is 1910 g/mol. The van der Waals surface area contributed by atoms with E-state index in [1.807, 2.05) is 0 Å². The van der Waals surface area contributed by atoms with Gasteiger partial charge in [-0.1, -0.05) is 406 Å². The fourth-order valence-corrected chi connectivity index (χ4v) is 23.3. The molecule has 0 bridgehead atoms. The molecular formula is C144H96N6. The quantitative estimate of drug-likeness (QED) is 0.0979. The van der Waals surface area contributed by atoms with Crippen LogP contribution in [0.2, 0.25) is 0 Å². The summed E-state index contributed by atoms with van der Waals surface area (Å²) in [6.07, 6.45) is 0. The molecule has 0 saturated carbocycles. The normalized spacial score (nSPS) is 11.6. The molecule has 0 atom stereocenters. The molecule has 0 aliphatic rings. The first-order valence-electron chi connectivity index (χ1n) is 51.6. The second kappa shape index (κ2) is 37.4. The molecule has 0 spiro atoms. The van der Waals surface area contributed by atoms with Crippen LogP contribution in [0.5, 0.6) is 0 Å². The number of rotatable bonds is 15. The van der Waals surface area contributed by atoms with Gasteiger partial charge in [-0.15, -0.1) is 0 Å². The van der Waals surface area contributed by atoms with Gasteiger partial charge in [0.2, 0.25) is 0 Å². The van der Waals surface area contributed by atoms with Crippen molar-refractivity contribution in [2.75, 3.05) is 0 Å². The Hall–Kier alpha value is -19.9. The zero-order chi connectivity index (χ0) is 99.1. The van der Waals surface area contributed by atoms with Crippen LogP contribution in [-0.4, -0.2) is 27.4 Å². The van der Waals surface area contributed by atoms with Crippen molar-refractivity contribution in [3.63, 3.8) is 0 Å². The molecule has 0 unspecified atom stereocenters. The van der Waals surface area contributed by atoms with Crippen molar-refractivity contribution in [3.8, 4) is 134 Å². The summed E-state index contributed by atoms with van der Waals surface area (Å²) in [5.41, 5.74) is 43.3. The average Bonchev–Trinajstić information content (AvgIpc) is 1.59. The topological polar surface area (TPSA) is 29.6 Å². The highest BCUT2D eigenvalue weighted by molar-refractivity contribution is 6.17. The monoisotopic (exact) mass is 1910 g/mol. The first-order chi connectivity index (χ1) is 74.4. The maximum atomic E-state index is 2.42. The fraction of sp³-hybridized carbons (Fsp3) is 0. The number of fused-ring (bicyclic) bond motifs is 18. The largest absolute Gasteiger partial charge is 0.309 e. The molecule has 0 radical (unpaired) electrons. The highest BCUT2D eigenvalue weighted by Crippen LogP contribution is 2.46. The number of para-hydroxylation sites is 6. The third-order valence-corrected chi connectivity index (χ3v) is 30.3. The van der Waals surface area contributed by atoms with Gasteiger partial charge in [-0.25, -0.2) is 0 Å². The van der Waals surface area contributed by atoms with Gasteiger partial charge in [0.1, 0.15) is 0 Å². The lowest BCUT2D eigenvalue weighted by molar-refractivity contribution is 1.18. The third kappa shape index (κ3) is 15.6. The number of benzene rings is 24. The Bertz CT molecular complexity index is 10200. The molecular weight excluding hydrogens is 1810 g/mol. The van der Waals surface area contributed by atoms with Gasteiger partial charge in [-0.3, -0.25) is 0 Å². The Labute approximate surface area is 868 Å². The van der Waals surface area contributed by atoms with Crippen LogP contribution < -0.4 is 0 Å². The van der Waals surface area contributed by atoms with Crippen LogP contribution in [0.4, 0.5) is 0 Å². The summed E-state index contributed by atoms with van der Waals surface area (Å²) in [6.45, 7) is 0. The van der Waals surface area contributed by atoms with Crippen molar-refractivity contribution in [1.29, 1.82) is 0 Å². The molecule has 0 aliphatic heterocycles. The zero-order valence-corrected chi connectivity index (χ0v) is 82.1. The lowest BCUT2D eigenvalue weighted by Gasteiger charge is -2.12. The minimum absolute atomic E-state index is 1.16. The van der Waals surface area contributed by atoms with Crippen molar-refractivity contribution in [3.05, 3.63) is 582 Å². The van der Waals surface area contributed by atoms with Gasteiger partial charge in [0.25, 0.3) is 0 Å². The minimum atomic E-state index is 1.16. The second-order valence-corrected chi connectivity index (χ2v) is 39.0. The molecule has 0 fully saturated rings. The first kappa shape index (κ1) is 87.8. The van der Waals surface area contributed by atoms with Crippen LogP contribution in [0.15, 0.2) is 582 Å². The lowest BCUT2D eigenvalue weighted by atomic mass is 10.0. The summed E-state index contributed by atoms with van der Waals surface area (Å²) in [7, 11) is 0. The summed E-state index contributed by atoms with van der Waals surface area (Å²) < 4.78 is 14.4. The van der Waals surface area contributed by atoms with Crippen LogP contribution in [0, 0.1) is 0 Å². The minimum Gasteiger partial charge on any atom is -0.309 e. The van der Waals surface area contributed by atoms with Crippen molar-refractivity contribution in [1.82, 2.24) is 27.4 Å². The highest BCUT2D eigenvalue weighted by Gasteiger charge is 2.24. The molecule has 0 amide bonds. The molecule has 6 heteroatoms. The fourth-order valence-electron chi connectivity index (χ4n) is 23.3. The first-order valence-corrected chi connectivity index (χ1v) is 51.6. The van der Waals surface area contributed by atoms with Gasteiger partial charge in [-0.2, -0.15) is 0 Å². The predicted octanol–water partition coefficient (Wildman–Crippen LogP) is 38.6. The molecule has 702 valence electrons. The van der Waals surface area contributed by atoms with Crippen LogP contribution in [0.3, 0.4) is 0 Å². The number of hydrogen-bond acceptors (Lipinski definition) is 0. The lowest BCUT2D eigenvalue weighted by Crippen LogP contribution is -1.95. The second-order valence-electron chi connectivity index (χ2n) is 39.0. The molecule has 24 aromatic carbocycles.